The minimum Gasteiger partial charge on any atom is -0.311 e. The highest BCUT2D eigenvalue weighted by Crippen LogP contribution is 2.55. The van der Waals surface area contributed by atoms with E-state index in [1.807, 2.05) is 0 Å². The fourth-order valence-corrected chi connectivity index (χ4v) is 12.4. The van der Waals surface area contributed by atoms with Crippen LogP contribution in [0.15, 0.2) is 103 Å². The average Bonchev–Trinajstić information content (AvgIpc) is 3.55. The molecule has 0 N–H and O–H groups in total. The maximum atomic E-state index is 2.71. The first kappa shape index (κ1) is 36.6. The summed E-state index contributed by atoms with van der Waals surface area (Å²) < 4.78 is 2.57. The Bertz CT molecular complexity index is 3060. The third-order valence-corrected chi connectivity index (χ3v) is 16.2. The van der Waals surface area contributed by atoms with Crippen LogP contribution >= 0.6 is 0 Å². The van der Waals surface area contributed by atoms with Crippen LogP contribution in [-0.2, 0) is 27.1 Å². The Morgan fingerprint density at radius 1 is 0.483 bits per heavy atom. The van der Waals surface area contributed by atoms with Crippen LogP contribution in [0, 0.1) is 0 Å². The first-order chi connectivity index (χ1) is 28.4. The van der Waals surface area contributed by atoms with Crippen molar-refractivity contribution >= 4 is 79.0 Å². The van der Waals surface area contributed by atoms with E-state index in [4.69, 9.17) is 0 Å². The molecule has 3 nitrogen and oxygen atoms in total. The van der Waals surface area contributed by atoms with E-state index in [9.17, 15) is 0 Å². The van der Waals surface area contributed by atoms with Crippen molar-refractivity contribution in [3.05, 3.63) is 131 Å². The molecule has 0 saturated heterocycles. The quantitative estimate of drug-likeness (QED) is 0.154. The van der Waals surface area contributed by atoms with Gasteiger partial charge in [-0.05, 0) is 145 Å². The molecule has 4 heterocycles. The molecule has 0 spiro atoms. The van der Waals surface area contributed by atoms with Crippen molar-refractivity contribution in [2.75, 3.05) is 9.80 Å². The summed E-state index contributed by atoms with van der Waals surface area (Å²) in [4.78, 5) is 5.38. The van der Waals surface area contributed by atoms with Crippen LogP contribution in [0.1, 0.15) is 130 Å². The van der Waals surface area contributed by atoms with Gasteiger partial charge in [0.1, 0.15) is 0 Å². The lowest BCUT2D eigenvalue weighted by Crippen LogP contribution is -2.62. The fraction of sp³-hybridized carbons (Fsp3) is 0.357. The van der Waals surface area contributed by atoms with E-state index in [0.29, 0.717) is 0 Å². The topological polar surface area (TPSA) is 11.4 Å². The van der Waals surface area contributed by atoms with Gasteiger partial charge in [-0.2, -0.15) is 0 Å². The molecule has 2 aliphatic carbocycles. The molecule has 1 aromatic heterocycles. The standard InChI is InChI=1S/C56H58BN3/c1-52(2,3)33-28-47-49-48(29-33)60-44-20-14-17-36-35-16-12-13-19-43(35)59(50(36)44)45-21-15-18-41(51(45)60)57(49)42-31-39-40(56(10,11)27-26-55(39,8)9)32-46(42)58(47)34-22-23-37-38(30-34)54(6,7)25-24-53(37,4)5/h12-23,28-32H,24-27H2,1-11H3. The van der Waals surface area contributed by atoms with E-state index in [1.54, 1.807) is 0 Å². The Kier molecular flexibility index (Phi) is 6.94. The lowest BCUT2D eigenvalue weighted by Gasteiger charge is -2.49. The van der Waals surface area contributed by atoms with Crippen molar-refractivity contribution in [3.63, 3.8) is 0 Å². The molecule has 6 aromatic carbocycles. The first-order valence-electron chi connectivity index (χ1n) is 22.7. The molecule has 3 aliphatic heterocycles. The molecule has 60 heavy (non-hydrogen) atoms. The predicted octanol–water partition coefficient (Wildman–Crippen LogP) is 13.2. The third-order valence-electron chi connectivity index (χ3n) is 16.2. The molecule has 12 rings (SSSR count). The number of hydrogen-bond donors (Lipinski definition) is 0. The van der Waals surface area contributed by atoms with E-state index in [1.165, 1.54) is 132 Å². The zero-order valence-corrected chi connectivity index (χ0v) is 37.6. The largest absolute Gasteiger partial charge is 0.311 e. The molecular formula is C56H58BN3. The summed E-state index contributed by atoms with van der Waals surface area (Å²) in [6.45, 7) is 27.0. The highest BCUT2D eigenvalue weighted by molar-refractivity contribution is 7.00. The van der Waals surface area contributed by atoms with Crippen LogP contribution < -0.4 is 26.2 Å². The van der Waals surface area contributed by atoms with Gasteiger partial charge in [-0.15, -0.1) is 0 Å². The molecule has 0 radical (unpaired) electrons. The van der Waals surface area contributed by atoms with Gasteiger partial charge in [0, 0.05) is 33.5 Å². The van der Waals surface area contributed by atoms with Gasteiger partial charge in [-0.1, -0.05) is 131 Å². The van der Waals surface area contributed by atoms with Crippen molar-refractivity contribution in [3.8, 4) is 5.69 Å². The Hall–Kier alpha value is -5.22. The van der Waals surface area contributed by atoms with Crippen molar-refractivity contribution < 1.29 is 0 Å². The van der Waals surface area contributed by atoms with Crippen LogP contribution in [0.25, 0.3) is 27.5 Å². The second-order valence-corrected chi connectivity index (χ2v) is 22.7. The number of fused-ring (bicyclic) bond motifs is 11. The summed E-state index contributed by atoms with van der Waals surface area (Å²) in [7, 11) is 0. The van der Waals surface area contributed by atoms with E-state index < -0.39 is 0 Å². The van der Waals surface area contributed by atoms with Crippen molar-refractivity contribution in [1.29, 1.82) is 0 Å². The van der Waals surface area contributed by atoms with Gasteiger partial charge in [-0.3, -0.25) is 0 Å². The lowest BCUT2D eigenvalue weighted by atomic mass is 9.33. The summed E-state index contributed by atoms with van der Waals surface area (Å²) in [5, 5.41) is 2.62. The van der Waals surface area contributed by atoms with Crippen LogP contribution in [0.3, 0.4) is 0 Å². The minimum atomic E-state index is -0.0762. The molecule has 0 bridgehead atoms. The first-order valence-corrected chi connectivity index (χ1v) is 22.7. The Morgan fingerprint density at radius 2 is 1.07 bits per heavy atom. The highest BCUT2D eigenvalue weighted by Gasteiger charge is 2.49. The van der Waals surface area contributed by atoms with E-state index in [0.717, 1.165) is 0 Å². The molecule has 5 aliphatic rings. The van der Waals surface area contributed by atoms with Gasteiger partial charge < -0.3 is 14.4 Å². The lowest BCUT2D eigenvalue weighted by molar-refractivity contribution is 0.332. The smallest absolute Gasteiger partial charge is 0.252 e. The summed E-state index contributed by atoms with van der Waals surface area (Å²) in [5.41, 5.74) is 23.7. The maximum Gasteiger partial charge on any atom is 0.252 e. The van der Waals surface area contributed by atoms with Gasteiger partial charge in [0.2, 0.25) is 0 Å². The van der Waals surface area contributed by atoms with Crippen LogP contribution in [0.5, 0.6) is 0 Å². The maximum absolute atomic E-state index is 2.71. The van der Waals surface area contributed by atoms with Gasteiger partial charge >= 0.3 is 0 Å². The summed E-state index contributed by atoms with van der Waals surface area (Å²) in [5.74, 6) is 0. The predicted molar refractivity (Wildman–Crippen MR) is 258 cm³/mol. The van der Waals surface area contributed by atoms with Crippen molar-refractivity contribution in [2.24, 2.45) is 0 Å². The number of benzene rings is 6. The number of para-hydroxylation sites is 3. The van der Waals surface area contributed by atoms with Gasteiger partial charge in [0.25, 0.3) is 6.71 Å². The molecule has 7 aromatic rings. The number of nitrogens with zero attached hydrogens (tertiary/aromatic N) is 3. The number of hydrogen-bond acceptors (Lipinski definition) is 2. The van der Waals surface area contributed by atoms with Crippen LogP contribution in [0.2, 0.25) is 0 Å². The SMILES string of the molecule is CC(C)(C)c1cc2c3c(c1)N1c4c(cccc4-n4c5ccccc5c5cccc1c54)B3c1cc3c(cc1N2c1ccc2c(c1)C(C)(C)CCC2(C)C)C(C)(C)CCC3(C)C. The fourth-order valence-electron chi connectivity index (χ4n) is 12.4. The molecule has 4 heteroatoms. The summed E-state index contributed by atoms with van der Waals surface area (Å²) in [6.07, 6.45) is 4.78. The van der Waals surface area contributed by atoms with Gasteiger partial charge in [0.15, 0.2) is 0 Å². The summed E-state index contributed by atoms with van der Waals surface area (Å²) in [6, 6.07) is 41.2. The van der Waals surface area contributed by atoms with E-state index in [2.05, 4.69) is 194 Å². The molecule has 0 saturated carbocycles. The normalized spacial score (nSPS) is 19.4. The summed E-state index contributed by atoms with van der Waals surface area (Å²) >= 11 is 0. The van der Waals surface area contributed by atoms with Gasteiger partial charge in [-0.25, -0.2) is 0 Å². The molecule has 300 valence electrons. The molecule has 0 amide bonds. The Morgan fingerprint density at radius 3 is 1.77 bits per heavy atom. The molecule has 0 atom stereocenters. The Balaban J connectivity index is 1.24. The molecule has 0 fully saturated rings. The molecular weight excluding hydrogens is 725 g/mol. The Labute approximate surface area is 357 Å². The van der Waals surface area contributed by atoms with E-state index in [-0.39, 0.29) is 33.8 Å². The van der Waals surface area contributed by atoms with Crippen molar-refractivity contribution in [2.45, 2.75) is 129 Å². The zero-order chi connectivity index (χ0) is 41.6. The minimum absolute atomic E-state index is 0.0724. The highest BCUT2D eigenvalue weighted by atomic mass is 15.2. The second kappa shape index (κ2) is 11.4. The number of aromatic nitrogens is 1. The molecule has 0 unspecified atom stereocenters. The zero-order valence-electron chi connectivity index (χ0n) is 37.6. The van der Waals surface area contributed by atoms with Crippen LogP contribution in [-0.4, -0.2) is 11.3 Å². The van der Waals surface area contributed by atoms with Crippen molar-refractivity contribution in [1.82, 2.24) is 4.57 Å². The monoisotopic (exact) mass is 783 g/mol. The second-order valence-electron chi connectivity index (χ2n) is 22.7. The number of rotatable bonds is 1. The average molecular weight is 784 g/mol. The van der Waals surface area contributed by atoms with Crippen LogP contribution in [0.4, 0.5) is 34.1 Å². The van der Waals surface area contributed by atoms with E-state index >= 15 is 0 Å². The third kappa shape index (κ3) is 4.63. The number of anilines is 6. The van der Waals surface area contributed by atoms with Gasteiger partial charge in [0.05, 0.1) is 28.1 Å².